The van der Waals surface area contributed by atoms with E-state index in [0.29, 0.717) is 72.7 Å². The summed E-state index contributed by atoms with van der Waals surface area (Å²) >= 11 is 7.21. The number of hydrogen-bond donors (Lipinski definition) is 8. The fraction of sp³-hybridized carbons (Fsp3) is 0.0860. The van der Waals surface area contributed by atoms with Crippen molar-refractivity contribution >= 4 is 104 Å². The minimum Gasteiger partial charge on any atom is -0.508 e. The van der Waals surface area contributed by atoms with Gasteiger partial charge in [-0.15, -0.1) is 0 Å². The summed E-state index contributed by atoms with van der Waals surface area (Å²) in [6, 6.07) is 65.0. The van der Waals surface area contributed by atoms with E-state index < -0.39 is 0 Å². The number of carbonyl (C=O) groups excluding carboxylic acids is 2. The van der Waals surface area contributed by atoms with Crippen LogP contribution in [0.1, 0.15) is 52.8 Å². The Hall–Kier alpha value is -14.1. The Balaban J connectivity index is 0.000000108. The van der Waals surface area contributed by atoms with E-state index in [9.17, 15) is 55.7 Å². The van der Waals surface area contributed by atoms with Crippen LogP contribution < -0.4 is 37.9 Å². The second-order valence-corrected chi connectivity index (χ2v) is 28.9. The molecule has 5 aliphatic heterocycles. The zero-order valence-electron chi connectivity index (χ0n) is 60.9. The van der Waals surface area contributed by atoms with Crippen molar-refractivity contribution in [3.05, 3.63) is 267 Å². The number of nitriles is 1. The smallest absolute Gasteiger partial charge is 0.308 e. The standard InChI is InChI=1S/C21H15BrO5.C19H14O3.C18H11NO3.C18H14O4.C17H11BrO3/c1-11(23)26-15-5-6-17-14(7-15)10-25-21-19(17)8-13-3-4-16(27-12(2)24)9-18(13)20(21)22;1-2-15-17-9-14(21)4-3-11(17)8-18-16-6-5-13(20)7-12(16)10-22-19(15)18;19-8-17-15-7-13(21)2-1-10(15)6-16-14-4-3-12(20)5-11(14)9-22-18(16)17;1-21-17-15-8-13(20)3-2-10(15)7-16-14-5-4-12(19)6-11(14)9-22-18(16)17;18-16-14-7-12(20)2-1-9(14)6-15-13-4-3-11(19)5-10(13)8-21-17(15)16/h3-9H,10H2,1-2H3;2-9,20-21H,1,10H2;1-7,20-21H,9H2;2-8,19-20H,9H2,1H3;1-7,19-20H,8H2. The summed E-state index contributed by atoms with van der Waals surface area (Å²) in [6.45, 7) is 8.49. The molecule has 5 heterocycles. The minimum absolute atomic E-state index is 0.116. The lowest BCUT2D eigenvalue weighted by Gasteiger charge is -2.24. The molecule has 564 valence electrons. The molecule has 0 spiro atoms. The Kier molecular flexibility index (Phi) is 19.7. The molecule has 0 aromatic heterocycles. The van der Waals surface area contributed by atoms with Crippen LogP contribution in [-0.4, -0.2) is 59.9 Å². The largest absolute Gasteiger partial charge is 0.508 e. The molecule has 0 saturated carbocycles. The summed E-state index contributed by atoms with van der Waals surface area (Å²) in [5.74, 6) is 5.98. The third-order valence-corrected chi connectivity index (χ3v) is 21.6. The summed E-state index contributed by atoms with van der Waals surface area (Å²) < 4.78 is 46.9. The van der Waals surface area contributed by atoms with Gasteiger partial charge in [0.2, 0.25) is 0 Å². The van der Waals surface area contributed by atoms with Crippen LogP contribution >= 0.6 is 31.9 Å². The number of aromatic hydroxyl groups is 8. The molecule has 0 saturated heterocycles. The van der Waals surface area contributed by atoms with Crippen molar-refractivity contribution in [1.29, 1.82) is 5.26 Å². The molecule has 0 unspecified atom stereocenters. The molecule has 5 aliphatic rings. The molecule has 0 atom stereocenters. The van der Waals surface area contributed by atoms with Gasteiger partial charge in [-0.3, -0.25) is 9.59 Å². The first kappa shape index (κ1) is 74.0. The molecule has 0 amide bonds. The van der Waals surface area contributed by atoms with Crippen molar-refractivity contribution in [3.63, 3.8) is 0 Å². The van der Waals surface area contributed by atoms with E-state index in [4.69, 9.17) is 37.9 Å². The van der Waals surface area contributed by atoms with Crippen LogP contribution in [0.15, 0.2) is 228 Å². The van der Waals surface area contributed by atoms with Gasteiger partial charge in [0.15, 0.2) is 11.5 Å². The van der Waals surface area contributed by atoms with Crippen molar-refractivity contribution in [1.82, 2.24) is 0 Å². The molecule has 15 aromatic carbocycles. The van der Waals surface area contributed by atoms with E-state index >= 15 is 0 Å². The summed E-state index contributed by atoms with van der Waals surface area (Å²) in [7, 11) is 1.59. The van der Waals surface area contributed by atoms with E-state index in [1.165, 1.54) is 13.8 Å². The molecule has 0 bridgehead atoms. The Morgan fingerprint density at radius 3 is 1.10 bits per heavy atom. The SMILES string of the molecule is C=Cc1c2c(cc3ccc(O)cc13)-c1ccc(O)cc1CO2.CC(=O)Oc1ccc2c(c1)COc1c-2cc2ccc(OC(C)=O)cc2c1Br.COc1c2c(cc3ccc(O)cc13)-c1ccc(O)cc1CO2.N#Cc1c2c(cc3ccc(O)cc13)-c1ccc(O)cc1CO2.Oc1ccc2c(c1)COc1c-2cc2ccc(O)cc2c1Br. The fourth-order valence-corrected chi connectivity index (χ4v) is 16.3. The number of phenols is 8. The molecule has 20 rings (SSSR count). The number of fused-ring (bicyclic) bond motifs is 20. The summed E-state index contributed by atoms with van der Waals surface area (Å²) in [5.41, 5.74) is 15.8. The molecule has 15 aromatic rings. The van der Waals surface area contributed by atoms with Crippen LogP contribution in [0, 0.1) is 11.3 Å². The van der Waals surface area contributed by atoms with Crippen LogP contribution in [0.25, 0.3) is 116 Å². The second-order valence-electron chi connectivity index (χ2n) is 27.4. The Labute approximate surface area is 667 Å². The average Bonchev–Trinajstić information content (AvgIpc) is 0.773. The Bertz CT molecular complexity index is 6630. The number of benzene rings is 15. The molecule has 0 radical (unpaired) electrons. The van der Waals surface area contributed by atoms with Crippen LogP contribution in [0.4, 0.5) is 0 Å². The predicted octanol–water partition coefficient (Wildman–Crippen LogP) is 21.5. The van der Waals surface area contributed by atoms with Gasteiger partial charge in [-0.1, -0.05) is 73.3 Å². The van der Waals surface area contributed by atoms with Crippen molar-refractivity contribution in [2.45, 2.75) is 46.9 Å². The number of hydrogen-bond acceptors (Lipinski definition) is 19. The normalized spacial score (nSPS) is 12.3. The number of carbonyl (C=O) groups is 2. The highest BCUT2D eigenvalue weighted by atomic mass is 79.9. The quantitative estimate of drug-likeness (QED) is 0.0600. The number of ether oxygens (including phenoxy) is 8. The number of halogens is 2. The van der Waals surface area contributed by atoms with Gasteiger partial charge in [-0.05, 0) is 244 Å². The predicted molar refractivity (Wildman–Crippen MR) is 441 cm³/mol. The van der Waals surface area contributed by atoms with E-state index in [0.717, 1.165) is 164 Å². The highest BCUT2D eigenvalue weighted by Gasteiger charge is 2.29. The van der Waals surface area contributed by atoms with Gasteiger partial charge in [-0.2, -0.15) is 5.26 Å². The monoisotopic (exact) mass is 1640 g/mol. The summed E-state index contributed by atoms with van der Waals surface area (Å²) in [5, 5.41) is 95.8. The van der Waals surface area contributed by atoms with Gasteiger partial charge in [0.25, 0.3) is 0 Å². The number of rotatable bonds is 4. The lowest BCUT2D eigenvalue weighted by molar-refractivity contribution is -0.132. The van der Waals surface area contributed by atoms with Gasteiger partial charge < -0.3 is 78.7 Å². The number of esters is 2. The lowest BCUT2D eigenvalue weighted by atomic mass is 9.91. The van der Waals surface area contributed by atoms with Gasteiger partial charge in [0, 0.05) is 96.6 Å². The molecular weight excluding hydrogens is 1580 g/mol. The first-order valence-electron chi connectivity index (χ1n) is 35.7. The van der Waals surface area contributed by atoms with Crippen molar-refractivity contribution < 1.29 is 88.3 Å². The molecule has 8 N–H and O–H groups in total. The highest BCUT2D eigenvalue weighted by molar-refractivity contribution is 9.11. The molecular formula is C93H65Br2NO18. The van der Waals surface area contributed by atoms with Gasteiger partial charge in [0.1, 0.15) is 125 Å². The Morgan fingerprint density at radius 2 is 0.658 bits per heavy atom. The summed E-state index contributed by atoms with van der Waals surface area (Å²) in [6.07, 6.45) is 1.76. The number of nitrogens with zero attached hydrogens (tertiary/aromatic N) is 1. The van der Waals surface area contributed by atoms with E-state index in [2.05, 4.69) is 44.5 Å². The zero-order chi connectivity index (χ0) is 79.5. The first-order chi connectivity index (χ1) is 55.1. The fourth-order valence-electron chi connectivity index (χ4n) is 15.0. The maximum Gasteiger partial charge on any atom is 0.308 e. The summed E-state index contributed by atoms with van der Waals surface area (Å²) in [4.78, 5) is 22.4. The van der Waals surface area contributed by atoms with Crippen LogP contribution in [-0.2, 0) is 42.6 Å². The number of methoxy groups -OCH3 is 1. The minimum atomic E-state index is -0.364. The van der Waals surface area contributed by atoms with Gasteiger partial charge in [0.05, 0.1) is 16.1 Å². The Morgan fingerprint density at radius 1 is 0.360 bits per heavy atom. The highest BCUT2D eigenvalue weighted by Crippen LogP contribution is 2.53. The molecule has 0 aliphatic carbocycles. The molecule has 19 nitrogen and oxygen atoms in total. The van der Waals surface area contributed by atoms with Gasteiger partial charge >= 0.3 is 11.9 Å². The van der Waals surface area contributed by atoms with Crippen molar-refractivity contribution in [2.24, 2.45) is 0 Å². The number of phenolic OH excluding ortho intramolecular Hbond substituents is 8. The van der Waals surface area contributed by atoms with Gasteiger partial charge in [-0.25, -0.2) is 0 Å². The maximum atomic E-state index is 11.2. The first-order valence-corrected chi connectivity index (χ1v) is 37.3. The van der Waals surface area contributed by atoms with Crippen LogP contribution in [0.5, 0.6) is 92.0 Å². The third kappa shape index (κ3) is 14.2. The van der Waals surface area contributed by atoms with Crippen molar-refractivity contribution in [2.75, 3.05) is 7.11 Å². The maximum absolute atomic E-state index is 11.2. The average molecular weight is 1640 g/mol. The lowest BCUT2D eigenvalue weighted by Crippen LogP contribution is -2.08. The van der Waals surface area contributed by atoms with Crippen molar-refractivity contribution in [3.8, 4) is 154 Å². The van der Waals surface area contributed by atoms with E-state index in [1.54, 1.807) is 128 Å². The van der Waals surface area contributed by atoms with Crippen LogP contribution in [0.3, 0.4) is 0 Å². The topological polar surface area (TPSA) is 294 Å². The third-order valence-electron chi connectivity index (χ3n) is 20.0. The van der Waals surface area contributed by atoms with E-state index in [-0.39, 0.29) is 57.9 Å². The second kappa shape index (κ2) is 30.3. The molecule has 114 heavy (non-hydrogen) atoms. The van der Waals surface area contributed by atoms with E-state index in [1.807, 2.05) is 97.1 Å². The van der Waals surface area contributed by atoms with Crippen LogP contribution in [0.2, 0.25) is 0 Å². The zero-order valence-corrected chi connectivity index (χ0v) is 64.1. The molecule has 21 heteroatoms. The molecule has 0 fully saturated rings.